The molecule has 0 aromatic carbocycles. The van der Waals surface area contributed by atoms with Crippen molar-refractivity contribution in [2.75, 3.05) is 26.4 Å². The number of allylic oxidation sites excluding steroid dienone is 4. The van der Waals surface area contributed by atoms with Gasteiger partial charge >= 0.3 is 19.8 Å². The highest BCUT2D eigenvalue weighted by atomic mass is 31.2. The predicted molar refractivity (Wildman–Crippen MR) is 317 cm³/mol. The fraction of sp³-hybridized carbons (Fsp3) is 0.906. The number of phosphoric ester groups is 1. The van der Waals surface area contributed by atoms with Gasteiger partial charge in [-0.3, -0.25) is 18.6 Å². The van der Waals surface area contributed by atoms with E-state index in [1.54, 1.807) is 0 Å². The number of esters is 2. The number of phosphoric acid groups is 1. The quantitative estimate of drug-likeness (QED) is 0.0264. The van der Waals surface area contributed by atoms with Crippen LogP contribution in [0.4, 0.5) is 0 Å². The van der Waals surface area contributed by atoms with E-state index < -0.39 is 26.5 Å². The highest BCUT2D eigenvalue weighted by molar-refractivity contribution is 7.47. The van der Waals surface area contributed by atoms with E-state index in [-0.39, 0.29) is 38.6 Å². The van der Waals surface area contributed by atoms with Gasteiger partial charge in [0.15, 0.2) is 6.10 Å². The number of hydrogen-bond donors (Lipinski definition) is 2. The van der Waals surface area contributed by atoms with Gasteiger partial charge in [0.25, 0.3) is 0 Å². The molecule has 0 aliphatic carbocycles. The highest BCUT2D eigenvalue weighted by Gasteiger charge is 2.26. The second-order valence-corrected chi connectivity index (χ2v) is 23.4. The molecule has 0 heterocycles. The molecule has 0 aliphatic rings. The summed E-state index contributed by atoms with van der Waals surface area (Å²) in [6.45, 7) is 3.81. The predicted octanol–water partition coefficient (Wildman–Crippen LogP) is 20.6. The van der Waals surface area contributed by atoms with Gasteiger partial charge in [0, 0.05) is 19.4 Å². The molecule has 0 spiro atoms. The topological polar surface area (TPSA) is 134 Å². The summed E-state index contributed by atoms with van der Waals surface area (Å²) >= 11 is 0. The Bertz CT molecular complexity index is 1260. The van der Waals surface area contributed by atoms with Crippen LogP contribution in [0.2, 0.25) is 0 Å². The molecule has 0 aliphatic heterocycles. The molecule has 3 N–H and O–H groups in total. The molecular formula is C64H124NO8P. The number of nitrogens with two attached hydrogens (primary N) is 1. The first-order chi connectivity index (χ1) is 36.3. The number of ether oxygens (including phenoxy) is 2. The average Bonchev–Trinajstić information content (AvgIpc) is 3.39. The Morgan fingerprint density at radius 1 is 0.405 bits per heavy atom. The molecule has 0 aromatic rings. The number of rotatable bonds is 62. The third-order valence-electron chi connectivity index (χ3n) is 14.6. The summed E-state index contributed by atoms with van der Waals surface area (Å²) in [5, 5.41) is 0. The van der Waals surface area contributed by atoms with Crippen molar-refractivity contribution in [1.82, 2.24) is 0 Å². The summed E-state index contributed by atoms with van der Waals surface area (Å²) in [7, 11) is -4.39. The van der Waals surface area contributed by atoms with Crippen molar-refractivity contribution in [2.24, 2.45) is 5.73 Å². The standard InChI is InChI=1S/C64H124NO8P/c1-3-5-7-9-11-13-15-17-19-21-23-25-27-28-29-30-31-32-33-34-35-37-39-41-43-45-47-49-51-53-55-57-64(67)73-62(61-72-74(68,69)71-59-58-65)60-70-63(66)56-54-52-50-48-46-44-42-40-38-36-26-24-22-20-18-16-14-12-10-8-6-4-2/h15,17,21,23,62H,3-14,16,18-20,22,24-61,65H2,1-2H3,(H,68,69)/b17-15-,23-21-. The Labute approximate surface area is 459 Å². The molecule has 0 bridgehead atoms. The van der Waals surface area contributed by atoms with E-state index in [0.717, 1.165) is 38.5 Å². The van der Waals surface area contributed by atoms with Crippen LogP contribution < -0.4 is 5.73 Å². The van der Waals surface area contributed by atoms with Crippen LogP contribution in [-0.4, -0.2) is 49.3 Å². The Kier molecular flexibility index (Phi) is 59.5. The SMILES string of the molecule is CCCCCCC/C=C\C/C=C\CCCCCCCCCCCCCCCCCCCCCC(=O)OC(COC(=O)CCCCCCCCCCCCCCCCCCCCCCCC)COP(=O)(O)OCCN. The van der Waals surface area contributed by atoms with Crippen LogP contribution >= 0.6 is 7.82 Å². The minimum Gasteiger partial charge on any atom is -0.462 e. The maximum Gasteiger partial charge on any atom is 0.472 e. The fourth-order valence-corrected chi connectivity index (χ4v) is 10.6. The minimum absolute atomic E-state index is 0.0569. The third-order valence-corrected chi connectivity index (χ3v) is 15.6. The van der Waals surface area contributed by atoms with Crippen LogP contribution in [0.15, 0.2) is 24.3 Å². The second kappa shape index (κ2) is 60.7. The molecule has 0 aromatic heterocycles. The molecule has 0 rings (SSSR count). The van der Waals surface area contributed by atoms with Gasteiger partial charge in [-0.2, -0.15) is 0 Å². The first-order valence-electron chi connectivity index (χ1n) is 32.3. The van der Waals surface area contributed by atoms with E-state index in [1.807, 2.05) is 0 Å². The van der Waals surface area contributed by atoms with Gasteiger partial charge in [0.05, 0.1) is 13.2 Å². The van der Waals surface area contributed by atoms with E-state index in [0.29, 0.717) is 6.42 Å². The van der Waals surface area contributed by atoms with E-state index in [2.05, 4.69) is 38.2 Å². The maximum atomic E-state index is 12.7. The van der Waals surface area contributed by atoms with Crippen LogP contribution in [0, 0.1) is 0 Å². The Balaban J connectivity index is 3.85. The molecule has 74 heavy (non-hydrogen) atoms. The molecule has 438 valence electrons. The Hall–Kier alpha value is -1.51. The van der Waals surface area contributed by atoms with Crippen molar-refractivity contribution in [3.8, 4) is 0 Å². The van der Waals surface area contributed by atoms with Crippen molar-refractivity contribution in [1.29, 1.82) is 0 Å². The van der Waals surface area contributed by atoms with Gasteiger partial charge in [0.1, 0.15) is 6.61 Å². The first-order valence-corrected chi connectivity index (χ1v) is 33.8. The number of hydrogen-bond acceptors (Lipinski definition) is 8. The lowest BCUT2D eigenvalue weighted by Gasteiger charge is -2.19. The molecule has 0 saturated carbocycles. The first kappa shape index (κ1) is 72.5. The van der Waals surface area contributed by atoms with Gasteiger partial charge in [0.2, 0.25) is 0 Å². The van der Waals surface area contributed by atoms with Crippen LogP contribution in [0.3, 0.4) is 0 Å². The van der Waals surface area contributed by atoms with Crippen molar-refractivity contribution < 1.29 is 37.6 Å². The van der Waals surface area contributed by atoms with Crippen molar-refractivity contribution in [3.63, 3.8) is 0 Å². The van der Waals surface area contributed by atoms with Gasteiger partial charge < -0.3 is 20.1 Å². The molecule has 0 saturated heterocycles. The van der Waals surface area contributed by atoms with E-state index in [9.17, 15) is 19.0 Å². The molecule has 10 heteroatoms. The number of carbonyl (C=O) groups is 2. The summed E-state index contributed by atoms with van der Waals surface area (Å²) in [5.41, 5.74) is 5.39. The van der Waals surface area contributed by atoms with E-state index >= 15 is 0 Å². The lowest BCUT2D eigenvalue weighted by atomic mass is 10.0. The summed E-state index contributed by atoms with van der Waals surface area (Å²) in [4.78, 5) is 35.3. The maximum absolute atomic E-state index is 12.7. The van der Waals surface area contributed by atoms with Crippen LogP contribution in [0.1, 0.15) is 341 Å². The third kappa shape index (κ3) is 59.7. The zero-order valence-electron chi connectivity index (χ0n) is 49.1. The van der Waals surface area contributed by atoms with Gasteiger partial charge in [-0.15, -0.1) is 0 Å². The Morgan fingerprint density at radius 2 is 0.703 bits per heavy atom. The summed E-state index contributed by atoms with van der Waals surface area (Å²) in [5.74, 6) is -0.804. The molecule has 0 fully saturated rings. The van der Waals surface area contributed by atoms with Crippen molar-refractivity contribution in [3.05, 3.63) is 24.3 Å². The molecule has 9 nitrogen and oxygen atoms in total. The smallest absolute Gasteiger partial charge is 0.462 e. The van der Waals surface area contributed by atoms with Crippen LogP contribution in [0.25, 0.3) is 0 Å². The zero-order chi connectivity index (χ0) is 53.8. The van der Waals surface area contributed by atoms with Gasteiger partial charge in [-0.25, -0.2) is 4.57 Å². The Morgan fingerprint density at radius 3 is 1.03 bits per heavy atom. The largest absolute Gasteiger partial charge is 0.472 e. The molecule has 0 amide bonds. The van der Waals surface area contributed by atoms with Gasteiger partial charge in [-0.1, -0.05) is 308 Å². The van der Waals surface area contributed by atoms with Crippen LogP contribution in [-0.2, 0) is 32.7 Å². The molecule has 0 radical (unpaired) electrons. The molecular weight excluding hydrogens is 942 g/mol. The van der Waals surface area contributed by atoms with E-state index in [4.69, 9.17) is 24.3 Å². The summed E-state index contributed by atoms with van der Waals surface area (Å²) < 4.78 is 33.1. The van der Waals surface area contributed by atoms with Crippen LogP contribution in [0.5, 0.6) is 0 Å². The number of unbranched alkanes of at least 4 members (excludes halogenated alkanes) is 45. The van der Waals surface area contributed by atoms with Crippen molar-refractivity contribution >= 4 is 19.8 Å². The minimum atomic E-state index is -4.39. The highest BCUT2D eigenvalue weighted by Crippen LogP contribution is 2.43. The lowest BCUT2D eigenvalue weighted by molar-refractivity contribution is -0.161. The number of carbonyl (C=O) groups excluding carboxylic acids is 2. The summed E-state index contributed by atoms with van der Waals surface area (Å²) in [6.07, 6.45) is 72.6. The second-order valence-electron chi connectivity index (χ2n) is 22.0. The monoisotopic (exact) mass is 1070 g/mol. The van der Waals surface area contributed by atoms with E-state index in [1.165, 1.54) is 270 Å². The zero-order valence-corrected chi connectivity index (χ0v) is 50.0. The normalized spacial score (nSPS) is 13.1. The lowest BCUT2D eigenvalue weighted by Crippen LogP contribution is -2.29. The molecule has 2 atom stereocenters. The fourth-order valence-electron chi connectivity index (χ4n) is 9.79. The summed E-state index contributed by atoms with van der Waals surface area (Å²) in [6, 6.07) is 0. The van der Waals surface area contributed by atoms with Crippen molar-refractivity contribution in [2.45, 2.75) is 347 Å². The van der Waals surface area contributed by atoms with Gasteiger partial charge in [-0.05, 0) is 44.9 Å². The average molecular weight is 1070 g/mol. The molecule has 2 unspecified atom stereocenters.